The zero-order valence-corrected chi connectivity index (χ0v) is 21.3. The highest BCUT2D eigenvalue weighted by atomic mass is 32.1. The van der Waals surface area contributed by atoms with Crippen LogP contribution in [0.15, 0.2) is 53.3 Å². The van der Waals surface area contributed by atoms with Gasteiger partial charge in [0, 0.05) is 17.2 Å². The van der Waals surface area contributed by atoms with Crippen molar-refractivity contribution in [3.63, 3.8) is 0 Å². The Balaban J connectivity index is 1.43. The Hall–Kier alpha value is -3.53. The number of hydrogen-bond donors (Lipinski definition) is 1. The average molecular weight is 526 g/mol. The molecule has 0 spiro atoms. The van der Waals surface area contributed by atoms with E-state index >= 15 is 0 Å². The summed E-state index contributed by atoms with van der Waals surface area (Å²) in [6, 6.07) is 12.9. The average Bonchev–Trinajstić information content (AvgIpc) is 3.50. The van der Waals surface area contributed by atoms with Gasteiger partial charge in [0.25, 0.3) is 5.56 Å². The second-order valence-corrected chi connectivity index (χ2v) is 10.00. The van der Waals surface area contributed by atoms with Gasteiger partial charge in [-0.05, 0) is 60.3 Å². The molecule has 2 aromatic carbocycles. The molecule has 10 heteroatoms. The zero-order valence-electron chi connectivity index (χ0n) is 20.5. The van der Waals surface area contributed by atoms with Crippen molar-refractivity contribution in [3.8, 4) is 11.1 Å². The molecule has 1 N–H and O–H groups in total. The second-order valence-electron chi connectivity index (χ2n) is 9.61. The van der Waals surface area contributed by atoms with Crippen molar-refractivity contribution in [2.45, 2.75) is 58.3 Å². The van der Waals surface area contributed by atoms with Crippen LogP contribution in [-0.2, 0) is 32.1 Å². The molecule has 1 aliphatic rings. The zero-order chi connectivity index (χ0) is 26.3. The van der Waals surface area contributed by atoms with Gasteiger partial charge in [-0.25, -0.2) is 0 Å². The number of hydrogen-bond acceptors (Lipinski definition) is 4. The molecule has 0 radical (unpaired) electrons. The highest BCUT2D eigenvalue weighted by Gasteiger charge is 2.30. The predicted octanol–water partition coefficient (Wildman–Crippen LogP) is 5.89. The molecule has 0 atom stereocenters. The van der Waals surface area contributed by atoms with Crippen molar-refractivity contribution in [3.05, 3.63) is 97.7 Å². The van der Waals surface area contributed by atoms with E-state index in [4.69, 9.17) is 12.2 Å². The molecule has 0 bridgehead atoms. The lowest BCUT2D eigenvalue weighted by Gasteiger charge is -2.16. The maximum absolute atomic E-state index is 12.9. The Bertz CT molecular complexity index is 1550. The molecule has 0 amide bonds. The molecule has 0 fully saturated rings. The van der Waals surface area contributed by atoms with Gasteiger partial charge >= 0.3 is 6.18 Å². The van der Waals surface area contributed by atoms with E-state index in [-0.39, 0.29) is 11.5 Å². The molecule has 0 unspecified atom stereocenters. The molecule has 2 aromatic heterocycles. The van der Waals surface area contributed by atoms with Gasteiger partial charge in [-0.15, -0.1) is 10.2 Å². The van der Waals surface area contributed by atoms with Crippen LogP contribution < -0.4 is 5.56 Å². The number of aromatic amines is 1. The number of benzene rings is 2. The summed E-state index contributed by atoms with van der Waals surface area (Å²) in [5.74, 6) is 1.73. The molecule has 0 saturated heterocycles. The van der Waals surface area contributed by atoms with Crippen LogP contribution in [0.2, 0.25) is 0 Å². The number of aromatic nitrogens is 5. The summed E-state index contributed by atoms with van der Waals surface area (Å²) < 4.78 is 43.1. The Morgan fingerprint density at radius 1 is 0.946 bits per heavy atom. The topological polar surface area (TPSA) is 68.5 Å². The minimum Gasteiger partial charge on any atom is -0.314 e. The summed E-state index contributed by atoms with van der Waals surface area (Å²) in [6.45, 7) is 5.05. The molecule has 37 heavy (non-hydrogen) atoms. The normalized spacial score (nSPS) is 13.4. The highest BCUT2D eigenvalue weighted by Crippen LogP contribution is 2.31. The Kier molecular flexibility index (Phi) is 6.61. The van der Waals surface area contributed by atoms with Crippen LogP contribution in [0, 0.1) is 4.77 Å². The summed E-state index contributed by atoms with van der Waals surface area (Å²) in [4.78, 5) is 15.1. The van der Waals surface area contributed by atoms with Crippen molar-refractivity contribution in [2.75, 3.05) is 0 Å². The summed E-state index contributed by atoms with van der Waals surface area (Å²) in [5, 5.41) is 8.92. The van der Waals surface area contributed by atoms with Crippen molar-refractivity contribution in [1.82, 2.24) is 24.3 Å². The molecule has 2 heterocycles. The van der Waals surface area contributed by atoms with Crippen LogP contribution in [0.3, 0.4) is 0 Å². The van der Waals surface area contributed by atoms with Crippen LogP contribution in [0.4, 0.5) is 13.2 Å². The van der Waals surface area contributed by atoms with Gasteiger partial charge in [0.1, 0.15) is 5.82 Å². The van der Waals surface area contributed by atoms with Crippen molar-refractivity contribution >= 4 is 12.2 Å². The maximum atomic E-state index is 12.9. The van der Waals surface area contributed by atoms with E-state index in [1.807, 2.05) is 28.8 Å². The van der Waals surface area contributed by atoms with Gasteiger partial charge in [-0.2, -0.15) is 13.2 Å². The quantitative estimate of drug-likeness (QED) is 0.319. The molecule has 192 valence electrons. The SMILES string of the molecule is CC(C)c1nnc(Cn2c3c(c(=O)[nH]c2=S)CCC3)n1Cc1ccc(-c2ccc(C(F)(F)F)cc2)cc1. The molecule has 5 rings (SSSR count). The molecule has 1 aliphatic carbocycles. The van der Waals surface area contributed by atoms with Crippen LogP contribution in [0.5, 0.6) is 0 Å². The Labute approximate surface area is 216 Å². The lowest BCUT2D eigenvalue weighted by atomic mass is 10.0. The van der Waals surface area contributed by atoms with Crippen molar-refractivity contribution in [2.24, 2.45) is 0 Å². The van der Waals surface area contributed by atoms with Gasteiger partial charge in [0.05, 0.1) is 18.7 Å². The van der Waals surface area contributed by atoms with E-state index in [0.717, 1.165) is 65.4 Å². The number of fused-ring (bicyclic) bond motifs is 1. The molecule has 4 aromatic rings. The number of alkyl halides is 3. The number of H-pyrrole nitrogens is 1. The fourth-order valence-electron chi connectivity index (χ4n) is 4.84. The third-order valence-corrected chi connectivity index (χ3v) is 7.09. The lowest BCUT2D eigenvalue weighted by molar-refractivity contribution is -0.137. The largest absolute Gasteiger partial charge is 0.416 e. The fourth-order valence-corrected chi connectivity index (χ4v) is 5.11. The van der Waals surface area contributed by atoms with E-state index in [1.54, 1.807) is 0 Å². The maximum Gasteiger partial charge on any atom is 0.416 e. The van der Waals surface area contributed by atoms with E-state index in [2.05, 4.69) is 33.6 Å². The highest BCUT2D eigenvalue weighted by molar-refractivity contribution is 7.71. The van der Waals surface area contributed by atoms with Gasteiger partial charge < -0.3 is 9.13 Å². The van der Waals surface area contributed by atoms with Crippen LogP contribution in [-0.4, -0.2) is 24.3 Å². The Morgan fingerprint density at radius 3 is 2.22 bits per heavy atom. The third-order valence-electron chi connectivity index (χ3n) is 6.77. The van der Waals surface area contributed by atoms with Crippen LogP contribution in [0.25, 0.3) is 11.1 Å². The molecule has 0 saturated carbocycles. The third kappa shape index (κ3) is 5.02. The second kappa shape index (κ2) is 9.74. The number of nitrogens with zero attached hydrogens (tertiary/aromatic N) is 4. The number of halogens is 3. The molecular weight excluding hydrogens is 499 g/mol. The van der Waals surface area contributed by atoms with E-state index < -0.39 is 11.7 Å². The van der Waals surface area contributed by atoms with Gasteiger partial charge in [0.2, 0.25) is 0 Å². The number of rotatable bonds is 6. The molecule has 0 aliphatic heterocycles. The van der Waals surface area contributed by atoms with Gasteiger partial charge in [-0.1, -0.05) is 50.2 Å². The van der Waals surface area contributed by atoms with E-state index in [1.165, 1.54) is 12.1 Å². The Morgan fingerprint density at radius 2 is 1.59 bits per heavy atom. The summed E-state index contributed by atoms with van der Waals surface area (Å²) in [6.07, 6.45) is -1.88. The molecular formula is C27H26F3N5OS. The first-order chi connectivity index (χ1) is 17.6. The van der Waals surface area contributed by atoms with Crippen molar-refractivity contribution in [1.29, 1.82) is 0 Å². The summed E-state index contributed by atoms with van der Waals surface area (Å²) in [7, 11) is 0. The summed E-state index contributed by atoms with van der Waals surface area (Å²) in [5.41, 5.74) is 3.55. The van der Waals surface area contributed by atoms with Gasteiger partial charge in [-0.3, -0.25) is 9.78 Å². The van der Waals surface area contributed by atoms with E-state index in [0.29, 0.717) is 23.4 Å². The lowest BCUT2D eigenvalue weighted by Crippen LogP contribution is -2.22. The van der Waals surface area contributed by atoms with Crippen molar-refractivity contribution < 1.29 is 13.2 Å². The first-order valence-electron chi connectivity index (χ1n) is 12.1. The fraction of sp³-hybridized carbons (Fsp3) is 0.333. The van der Waals surface area contributed by atoms with Crippen LogP contribution >= 0.6 is 12.2 Å². The standard InChI is InChI=1S/C27H26F3N5OS/c1-16(2)24-33-32-23(15-34-22-5-3-4-21(22)25(36)31-26(34)37)35(24)14-17-6-8-18(9-7-17)19-10-12-20(13-11-19)27(28,29)30/h6-13,16H,3-5,14-15H2,1-2H3,(H,31,36,37). The van der Waals surface area contributed by atoms with Crippen LogP contribution in [0.1, 0.15) is 60.2 Å². The first kappa shape index (κ1) is 25.1. The number of nitrogens with one attached hydrogen (secondary N) is 1. The first-order valence-corrected chi connectivity index (χ1v) is 12.6. The minimum absolute atomic E-state index is 0.105. The monoisotopic (exact) mass is 525 g/mol. The summed E-state index contributed by atoms with van der Waals surface area (Å²) >= 11 is 5.49. The predicted molar refractivity (Wildman–Crippen MR) is 137 cm³/mol. The van der Waals surface area contributed by atoms with Gasteiger partial charge in [0.15, 0.2) is 10.6 Å². The molecule has 6 nitrogen and oxygen atoms in total. The van der Waals surface area contributed by atoms with E-state index in [9.17, 15) is 18.0 Å². The minimum atomic E-state index is -4.35. The smallest absolute Gasteiger partial charge is 0.314 e.